The van der Waals surface area contributed by atoms with Gasteiger partial charge in [-0.2, -0.15) is 0 Å². The van der Waals surface area contributed by atoms with Crippen molar-refractivity contribution in [3.8, 4) is 5.75 Å². The summed E-state index contributed by atoms with van der Waals surface area (Å²) in [6, 6.07) is 7.91. The summed E-state index contributed by atoms with van der Waals surface area (Å²) in [4.78, 5) is 9.39. The summed E-state index contributed by atoms with van der Waals surface area (Å²) in [5.41, 5.74) is 1.87. The Labute approximate surface area is 140 Å². The van der Waals surface area contributed by atoms with Gasteiger partial charge in [-0.15, -0.1) is 0 Å². The van der Waals surface area contributed by atoms with E-state index in [1.807, 2.05) is 31.2 Å². The van der Waals surface area contributed by atoms with Crippen molar-refractivity contribution in [2.75, 3.05) is 26.8 Å². The van der Waals surface area contributed by atoms with E-state index in [4.69, 9.17) is 14.5 Å². The zero-order valence-electron chi connectivity index (χ0n) is 15.0. The fourth-order valence-electron chi connectivity index (χ4n) is 2.04. The number of hydrogen-bond donors (Lipinski definition) is 0. The van der Waals surface area contributed by atoms with E-state index in [-0.39, 0.29) is 0 Å². The topological polar surface area (TPSA) is 43.2 Å². The first-order valence-electron chi connectivity index (χ1n) is 8.63. The van der Waals surface area contributed by atoms with Crippen molar-refractivity contribution in [2.24, 2.45) is 9.98 Å². The number of rotatable bonds is 10. The SMILES string of the molecule is CCCCN=C(OCC)C(=NCCCC)c1ccc(OC)cc1. The molecule has 1 rings (SSSR count). The van der Waals surface area contributed by atoms with Gasteiger partial charge in [-0.05, 0) is 44.0 Å². The zero-order chi connectivity index (χ0) is 16.9. The quantitative estimate of drug-likeness (QED) is 0.362. The third kappa shape index (κ3) is 6.85. The second kappa shape index (κ2) is 11.7. The molecule has 1 aromatic rings. The van der Waals surface area contributed by atoms with E-state index < -0.39 is 0 Å². The van der Waals surface area contributed by atoms with Crippen molar-refractivity contribution >= 4 is 11.6 Å². The van der Waals surface area contributed by atoms with Gasteiger partial charge in [0.15, 0.2) is 0 Å². The number of benzene rings is 1. The van der Waals surface area contributed by atoms with E-state index in [0.29, 0.717) is 12.5 Å². The lowest BCUT2D eigenvalue weighted by molar-refractivity contribution is 0.332. The van der Waals surface area contributed by atoms with Crippen LogP contribution in [0.1, 0.15) is 52.0 Å². The first-order chi connectivity index (χ1) is 11.3. The average Bonchev–Trinajstić information content (AvgIpc) is 2.59. The van der Waals surface area contributed by atoms with Gasteiger partial charge in [-0.1, -0.05) is 26.7 Å². The minimum atomic E-state index is 0.591. The molecule has 0 atom stereocenters. The van der Waals surface area contributed by atoms with Gasteiger partial charge < -0.3 is 9.47 Å². The highest BCUT2D eigenvalue weighted by molar-refractivity contribution is 6.45. The first-order valence-corrected chi connectivity index (χ1v) is 8.63. The molecule has 0 heterocycles. The molecule has 0 saturated carbocycles. The highest BCUT2D eigenvalue weighted by Crippen LogP contribution is 2.14. The Morgan fingerprint density at radius 2 is 1.52 bits per heavy atom. The number of nitrogens with zero attached hydrogens (tertiary/aromatic N) is 2. The molecule has 0 spiro atoms. The van der Waals surface area contributed by atoms with Crippen LogP contribution in [0.2, 0.25) is 0 Å². The van der Waals surface area contributed by atoms with E-state index >= 15 is 0 Å². The summed E-state index contributed by atoms with van der Waals surface area (Å²) in [5.74, 6) is 1.49. The van der Waals surface area contributed by atoms with Gasteiger partial charge in [-0.3, -0.25) is 4.99 Å². The molecule has 128 valence electrons. The third-order valence-electron chi connectivity index (χ3n) is 3.40. The Morgan fingerprint density at radius 3 is 2.04 bits per heavy atom. The molecule has 0 aliphatic carbocycles. The zero-order valence-corrected chi connectivity index (χ0v) is 15.0. The molecule has 0 fully saturated rings. The number of aliphatic imine (C=N–C) groups is 2. The highest BCUT2D eigenvalue weighted by atomic mass is 16.5. The first kappa shape index (κ1) is 19.2. The molecule has 0 N–H and O–H groups in total. The smallest absolute Gasteiger partial charge is 0.235 e. The van der Waals surface area contributed by atoms with E-state index in [9.17, 15) is 0 Å². The molecule has 0 aliphatic heterocycles. The monoisotopic (exact) mass is 318 g/mol. The van der Waals surface area contributed by atoms with E-state index in [2.05, 4.69) is 18.8 Å². The third-order valence-corrected chi connectivity index (χ3v) is 3.40. The van der Waals surface area contributed by atoms with Crippen LogP contribution in [-0.4, -0.2) is 38.4 Å². The van der Waals surface area contributed by atoms with Crippen molar-refractivity contribution in [1.82, 2.24) is 0 Å². The van der Waals surface area contributed by atoms with Gasteiger partial charge in [0, 0.05) is 18.7 Å². The average molecular weight is 318 g/mol. The van der Waals surface area contributed by atoms with Crippen LogP contribution < -0.4 is 4.74 Å². The molecule has 0 aliphatic rings. The Morgan fingerprint density at radius 1 is 0.913 bits per heavy atom. The second-order valence-electron chi connectivity index (χ2n) is 5.29. The second-order valence-corrected chi connectivity index (χ2v) is 5.29. The van der Waals surface area contributed by atoms with Crippen LogP contribution in [-0.2, 0) is 4.74 Å². The minimum absolute atomic E-state index is 0.591. The van der Waals surface area contributed by atoms with Crippen molar-refractivity contribution < 1.29 is 9.47 Å². The summed E-state index contributed by atoms with van der Waals surface area (Å²) in [5, 5.41) is 0. The van der Waals surface area contributed by atoms with Gasteiger partial charge in [0.25, 0.3) is 0 Å². The molecule has 23 heavy (non-hydrogen) atoms. The molecule has 0 saturated heterocycles. The predicted molar refractivity (Wildman–Crippen MR) is 98.1 cm³/mol. The predicted octanol–water partition coefficient (Wildman–Crippen LogP) is 4.52. The fraction of sp³-hybridized carbons (Fsp3) is 0.579. The number of ether oxygens (including phenoxy) is 2. The molecule has 0 unspecified atom stereocenters. The van der Waals surface area contributed by atoms with Gasteiger partial charge in [-0.25, -0.2) is 4.99 Å². The van der Waals surface area contributed by atoms with Crippen molar-refractivity contribution in [3.05, 3.63) is 29.8 Å². The van der Waals surface area contributed by atoms with Crippen LogP contribution in [0.15, 0.2) is 34.3 Å². The minimum Gasteiger partial charge on any atom is -0.497 e. The van der Waals surface area contributed by atoms with Gasteiger partial charge >= 0.3 is 0 Å². The molecule has 0 aromatic heterocycles. The molecule has 4 heteroatoms. The number of hydrogen-bond acceptors (Lipinski definition) is 4. The van der Waals surface area contributed by atoms with Crippen LogP contribution in [0, 0.1) is 0 Å². The number of unbranched alkanes of at least 4 members (excludes halogenated alkanes) is 2. The fourth-order valence-corrected chi connectivity index (χ4v) is 2.04. The summed E-state index contributed by atoms with van der Waals surface area (Å²) in [6.07, 6.45) is 4.36. The molecule has 1 aromatic carbocycles. The lowest BCUT2D eigenvalue weighted by atomic mass is 10.1. The summed E-state index contributed by atoms with van der Waals surface area (Å²) < 4.78 is 11.0. The van der Waals surface area contributed by atoms with Crippen molar-refractivity contribution in [3.63, 3.8) is 0 Å². The van der Waals surface area contributed by atoms with E-state index in [1.54, 1.807) is 7.11 Å². The molecule has 0 radical (unpaired) electrons. The molecule has 0 bridgehead atoms. The number of methoxy groups -OCH3 is 1. The van der Waals surface area contributed by atoms with Gasteiger partial charge in [0.1, 0.15) is 11.5 Å². The normalized spacial score (nSPS) is 12.3. The largest absolute Gasteiger partial charge is 0.497 e. The van der Waals surface area contributed by atoms with Crippen LogP contribution in [0.4, 0.5) is 0 Å². The Bertz CT molecular complexity index is 493. The Balaban J connectivity index is 3.08. The van der Waals surface area contributed by atoms with Crippen molar-refractivity contribution in [1.29, 1.82) is 0 Å². The van der Waals surface area contributed by atoms with Crippen LogP contribution in [0.5, 0.6) is 5.75 Å². The maximum Gasteiger partial charge on any atom is 0.235 e. The van der Waals surface area contributed by atoms with Crippen LogP contribution in [0.25, 0.3) is 0 Å². The van der Waals surface area contributed by atoms with Crippen LogP contribution in [0.3, 0.4) is 0 Å². The lowest BCUT2D eigenvalue weighted by Gasteiger charge is -2.12. The van der Waals surface area contributed by atoms with Crippen LogP contribution >= 0.6 is 0 Å². The van der Waals surface area contributed by atoms with E-state index in [0.717, 1.165) is 55.8 Å². The van der Waals surface area contributed by atoms with Gasteiger partial charge in [0.05, 0.1) is 13.7 Å². The molecular formula is C19H30N2O2. The maximum absolute atomic E-state index is 5.78. The highest BCUT2D eigenvalue weighted by Gasteiger charge is 2.13. The van der Waals surface area contributed by atoms with Crippen molar-refractivity contribution in [2.45, 2.75) is 46.5 Å². The standard InChI is InChI=1S/C19H30N2O2/c1-5-8-14-20-18(16-10-12-17(22-4)13-11-16)19(23-7-3)21-15-9-6-2/h10-13H,5-9,14-15H2,1-4H3. The van der Waals surface area contributed by atoms with E-state index in [1.165, 1.54) is 0 Å². The summed E-state index contributed by atoms with van der Waals surface area (Å²) in [6.45, 7) is 8.46. The summed E-state index contributed by atoms with van der Waals surface area (Å²) >= 11 is 0. The van der Waals surface area contributed by atoms with Gasteiger partial charge in [0.2, 0.25) is 5.90 Å². The molecule has 0 amide bonds. The molecular weight excluding hydrogens is 288 g/mol. The molecule has 4 nitrogen and oxygen atoms in total. The summed E-state index contributed by atoms with van der Waals surface area (Å²) in [7, 11) is 1.67. The Hall–Kier alpha value is -1.84. The maximum atomic E-state index is 5.78. The Kier molecular flexibility index (Phi) is 9.76. The lowest BCUT2D eigenvalue weighted by Crippen LogP contribution is -2.20.